The fraction of sp³-hybridized carbons (Fsp3) is 0.200. The number of amides is 1. The zero-order chi connectivity index (χ0) is 21.4. The van der Waals surface area contributed by atoms with Crippen molar-refractivity contribution in [2.75, 3.05) is 26.0 Å². The number of benzene rings is 2. The van der Waals surface area contributed by atoms with Crippen LogP contribution in [-0.4, -0.2) is 44.4 Å². The van der Waals surface area contributed by atoms with Gasteiger partial charge in [-0.05, 0) is 67.2 Å². The molecule has 0 spiro atoms. The molecule has 2 aromatic carbocycles. The van der Waals surface area contributed by atoms with Crippen molar-refractivity contribution < 1.29 is 17.9 Å². The Bertz CT molecular complexity index is 983. The van der Waals surface area contributed by atoms with Crippen molar-refractivity contribution in [2.24, 2.45) is 0 Å². The van der Waals surface area contributed by atoms with Crippen LogP contribution in [0.25, 0.3) is 6.08 Å². The van der Waals surface area contributed by atoms with Gasteiger partial charge in [0.25, 0.3) is 0 Å². The Morgan fingerprint density at radius 1 is 1.10 bits per heavy atom. The molecule has 0 unspecified atom stereocenters. The topological polar surface area (TPSA) is 87.7 Å². The van der Waals surface area contributed by atoms with E-state index < -0.39 is 10.0 Å². The highest BCUT2D eigenvalue weighted by molar-refractivity contribution is 7.89. The third-order valence-corrected chi connectivity index (χ3v) is 5.78. The van der Waals surface area contributed by atoms with E-state index in [1.54, 1.807) is 18.2 Å². The zero-order valence-corrected chi connectivity index (χ0v) is 18.0. The summed E-state index contributed by atoms with van der Waals surface area (Å²) in [5.74, 6) is 0.382. The predicted octanol–water partition coefficient (Wildman–Crippen LogP) is 2.86. The lowest BCUT2D eigenvalue weighted by Gasteiger charge is -2.12. The second-order valence-electron chi connectivity index (χ2n) is 6.09. The Kier molecular flexibility index (Phi) is 7.89. The van der Waals surface area contributed by atoms with Crippen molar-refractivity contribution in [3.05, 3.63) is 60.2 Å². The van der Waals surface area contributed by atoms with E-state index in [1.807, 2.05) is 31.2 Å². The molecule has 9 heteroatoms. The average molecular weight is 434 g/mol. The van der Waals surface area contributed by atoms with E-state index in [0.717, 1.165) is 15.6 Å². The fourth-order valence-corrected chi connectivity index (χ4v) is 3.37. The highest BCUT2D eigenvalue weighted by Crippen LogP contribution is 2.16. The first-order valence-electron chi connectivity index (χ1n) is 8.78. The SMILES string of the molecule is CCOc1ccc(/C=C/C(=O)NC(=S)Nc2ccc(S(=O)(=O)N(C)C)cc2)cc1. The summed E-state index contributed by atoms with van der Waals surface area (Å²) in [6, 6.07) is 13.4. The lowest BCUT2D eigenvalue weighted by Crippen LogP contribution is -2.32. The van der Waals surface area contributed by atoms with E-state index in [-0.39, 0.29) is 15.9 Å². The van der Waals surface area contributed by atoms with E-state index >= 15 is 0 Å². The van der Waals surface area contributed by atoms with Gasteiger partial charge in [0.2, 0.25) is 15.9 Å². The van der Waals surface area contributed by atoms with Crippen LogP contribution in [0.15, 0.2) is 59.5 Å². The molecule has 0 aliphatic carbocycles. The molecule has 0 bridgehead atoms. The molecular formula is C20H23N3O4S2. The number of carbonyl (C=O) groups excluding carboxylic acids is 1. The molecule has 7 nitrogen and oxygen atoms in total. The smallest absolute Gasteiger partial charge is 0.250 e. The van der Waals surface area contributed by atoms with Crippen molar-refractivity contribution in [1.82, 2.24) is 9.62 Å². The van der Waals surface area contributed by atoms with Gasteiger partial charge in [0.15, 0.2) is 5.11 Å². The molecule has 1 amide bonds. The molecule has 2 rings (SSSR count). The van der Waals surface area contributed by atoms with Gasteiger partial charge < -0.3 is 10.1 Å². The maximum Gasteiger partial charge on any atom is 0.250 e. The van der Waals surface area contributed by atoms with Gasteiger partial charge in [-0.25, -0.2) is 12.7 Å². The first-order valence-corrected chi connectivity index (χ1v) is 10.6. The number of carbonyl (C=O) groups is 1. The Balaban J connectivity index is 1.90. The van der Waals surface area contributed by atoms with E-state index in [9.17, 15) is 13.2 Å². The highest BCUT2D eigenvalue weighted by atomic mass is 32.2. The molecule has 0 aromatic heterocycles. The van der Waals surface area contributed by atoms with E-state index in [4.69, 9.17) is 17.0 Å². The average Bonchev–Trinajstić information content (AvgIpc) is 2.68. The van der Waals surface area contributed by atoms with Crippen LogP contribution >= 0.6 is 12.2 Å². The van der Waals surface area contributed by atoms with Crippen LogP contribution in [0, 0.1) is 0 Å². The van der Waals surface area contributed by atoms with Gasteiger partial charge in [0.1, 0.15) is 5.75 Å². The number of anilines is 1. The van der Waals surface area contributed by atoms with Gasteiger partial charge in [-0.2, -0.15) is 0 Å². The van der Waals surface area contributed by atoms with E-state index in [0.29, 0.717) is 12.3 Å². The fourth-order valence-electron chi connectivity index (χ4n) is 2.25. The van der Waals surface area contributed by atoms with Crippen molar-refractivity contribution in [3.63, 3.8) is 0 Å². The number of nitrogens with zero attached hydrogens (tertiary/aromatic N) is 1. The molecule has 2 aromatic rings. The molecule has 154 valence electrons. The lowest BCUT2D eigenvalue weighted by molar-refractivity contribution is -0.115. The van der Waals surface area contributed by atoms with Crippen LogP contribution in [0.2, 0.25) is 0 Å². The van der Waals surface area contributed by atoms with Gasteiger partial charge >= 0.3 is 0 Å². The molecule has 0 aliphatic rings. The number of rotatable bonds is 7. The second-order valence-corrected chi connectivity index (χ2v) is 8.65. The van der Waals surface area contributed by atoms with Crippen LogP contribution in [0.3, 0.4) is 0 Å². The molecule has 0 saturated heterocycles. The van der Waals surface area contributed by atoms with E-state index in [1.165, 1.54) is 32.3 Å². The van der Waals surface area contributed by atoms with Gasteiger partial charge in [0, 0.05) is 25.9 Å². The van der Waals surface area contributed by atoms with Crippen molar-refractivity contribution in [2.45, 2.75) is 11.8 Å². The molecule has 2 N–H and O–H groups in total. The zero-order valence-electron chi connectivity index (χ0n) is 16.4. The normalized spacial score (nSPS) is 11.4. The predicted molar refractivity (Wildman–Crippen MR) is 118 cm³/mol. The molecule has 0 heterocycles. The lowest BCUT2D eigenvalue weighted by atomic mass is 10.2. The van der Waals surface area contributed by atoms with Gasteiger partial charge in [0.05, 0.1) is 11.5 Å². The molecule has 29 heavy (non-hydrogen) atoms. The molecular weight excluding hydrogens is 410 g/mol. The maximum absolute atomic E-state index is 12.1. The van der Waals surface area contributed by atoms with Crippen LogP contribution in [0.1, 0.15) is 12.5 Å². The summed E-state index contributed by atoms with van der Waals surface area (Å²) in [7, 11) is -0.564. The number of sulfonamides is 1. The Hall–Kier alpha value is -2.75. The second kappa shape index (κ2) is 10.1. The highest BCUT2D eigenvalue weighted by Gasteiger charge is 2.16. The summed E-state index contributed by atoms with van der Waals surface area (Å²) in [4.78, 5) is 12.2. The molecule has 0 saturated carbocycles. The Morgan fingerprint density at radius 3 is 2.28 bits per heavy atom. The van der Waals surface area contributed by atoms with Crippen LogP contribution in [0.4, 0.5) is 5.69 Å². The molecule has 0 atom stereocenters. The van der Waals surface area contributed by atoms with Crippen molar-refractivity contribution in [3.8, 4) is 5.75 Å². The molecule has 0 radical (unpaired) electrons. The first-order chi connectivity index (χ1) is 13.7. The summed E-state index contributed by atoms with van der Waals surface area (Å²) >= 11 is 5.12. The first kappa shape index (κ1) is 22.5. The van der Waals surface area contributed by atoms with Gasteiger partial charge in [-0.1, -0.05) is 12.1 Å². The molecule has 0 aliphatic heterocycles. The summed E-state index contributed by atoms with van der Waals surface area (Å²) in [5.41, 5.74) is 1.41. The molecule has 0 fully saturated rings. The van der Waals surface area contributed by atoms with Gasteiger partial charge in [-0.3, -0.25) is 10.1 Å². The van der Waals surface area contributed by atoms with E-state index in [2.05, 4.69) is 10.6 Å². The number of thiocarbonyl (C=S) groups is 1. The quantitative estimate of drug-likeness (QED) is 0.516. The maximum atomic E-state index is 12.1. The minimum atomic E-state index is -3.49. The monoisotopic (exact) mass is 433 g/mol. The number of hydrogen-bond donors (Lipinski definition) is 2. The number of ether oxygens (including phenoxy) is 1. The summed E-state index contributed by atoms with van der Waals surface area (Å²) < 4.78 is 30.6. The Morgan fingerprint density at radius 2 is 1.72 bits per heavy atom. The third kappa shape index (κ3) is 6.67. The summed E-state index contributed by atoms with van der Waals surface area (Å²) in [6.45, 7) is 2.51. The number of hydrogen-bond acceptors (Lipinski definition) is 5. The minimum absolute atomic E-state index is 0.106. The standard InChI is InChI=1S/C20H23N3O4S2/c1-4-27-17-10-5-15(6-11-17)7-14-19(24)22-20(28)21-16-8-12-18(13-9-16)29(25,26)23(2)3/h5-14H,4H2,1-3H3,(H2,21,22,24,28)/b14-7+. The summed E-state index contributed by atoms with van der Waals surface area (Å²) in [5, 5.41) is 5.48. The van der Waals surface area contributed by atoms with Crippen LogP contribution < -0.4 is 15.4 Å². The summed E-state index contributed by atoms with van der Waals surface area (Å²) in [6.07, 6.45) is 3.03. The minimum Gasteiger partial charge on any atom is -0.494 e. The number of nitrogens with one attached hydrogen (secondary N) is 2. The van der Waals surface area contributed by atoms with Gasteiger partial charge in [-0.15, -0.1) is 0 Å². The van der Waals surface area contributed by atoms with Crippen molar-refractivity contribution >= 4 is 45.0 Å². The Labute approximate surface area is 176 Å². The third-order valence-electron chi connectivity index (χ3n) is 3.75. The van der Waals surface area contributed by atoms with Crippen LogP contribution in [-0.2, 0) is 14.8 Å². The van der Waals surface area contributed by atoms with Crippen molar-refractivity contribution in [1.29, 1.82) is 0 Å². The van der Waals surface area contributed by atoms with Crippen LogP contribution in [0.5, 0.6) is 5.75 Å². The largest absolute Gasteiger partial charge is 0.494 e.